The smallest absolute Gasteiger partial charge is 0.00201 e. The lowest BCUT2D eigenvalue weighted by atomic mass is 9.81. The molecule has 2 aliphatic carbocycles. The molecule has 0 N–H and O–H groups in total. The van der Waals surface area contributed by atoms with Gasteiger partial charge in [0.25, 0.3) is 0 Å². The van der Waals surface area contributed by atoms with Gasteiger partial charge in [-0.3, -0.25) is 0 Å². The molecule has 118 valence electrons. The van der Waals surface area contributed by atoms with Gasteiger partial charge in [0.1, 0.15) is 0 Å². The zero-order valence-corrected chi connectivity index (χ0v) is 14.0. The normalized spacial score (nSPS) is 14.3. The third kappa shape index (κ3) is 2.29. The van der Waals surface area contributed by atoms with Crippen molar-refractivity contribution in [3.05, 3.63) is 105 Å². The van der Waals surface area contributed by atoms with Gasteiger partial charge in [0.15, 0.2) is 0 Å². The fraction of sp³-hybridized carbons (Fsp3) is 0.250. The van der Waals surface area contributed by atoms with E-state index in [0.29, 0.717) is 0 Å². The van der Waals surface area contributed by atoms with Crippen molar-refractivity contribution in [1.29, 1.82) is 0 Å². The molecule has 3 aromatic carbocycles. The second-order valence-electron chi connectivity index (χ2n) is 7.23. The summed E-state index contributed by atoms with van der Waals surface area (Å²) in [4.78, 5) is 0. The van der Waals surface area contributed by atoms with E-state index in [4.69, 9.17) is 0 Å². The molecule has 5 rings (SSSR count). The largest absolute Gasteiger partial charge is 0.0620 e. The highest BCUT2D eigenvalue weighted by Crippen LogP contribution is 2.31. The van der Waals surface area contributed by atoms with Crippen molar-refractivity contribution in [3.8, 4) is 0 Å². The Morgan fingerprint density at radius 3 is 1.33 bits per heavy atom. The number of hydrogen-bond donors (Lipinski definition) is 0. The van der Waals surface area contributed by atoms with Crippen molar-refractivity contribution in [1.82, 2.24) is 0 Å². The molecule has 0 atom stereocenters. The topological polar surface area (TPSA) is 0 Å². The number of benzene rings is 3. The van der Waals surface area contributed by atoms with Crippen molar-refractivity contribution in [2.75, 3.05) is 0 Å². The van der Waals surface area contributed by atoms with Crippen LogP contribution in [0.25, 0.3) is 0 Å². The molecule has 0 bridgehead atoms. The number of rotatable bonds is 4. The summed E-state index contributed by atoms with van der Waals surface area (Å²) in [6.07, 6.45) is 7.21. The molecule has 0 aromatic heterocycles. The summed E-state index contributed by atoms with van der Waals surface area (Å²) in [5.41, 5.74) is 12.4. The summed E-state index contributed by atoms with van der Waals surface area (Å²) in [7, 11) is 0. The Kier molecular flexibility index (Phi) is 3.29. The Labute approximate surface area is 144 Å². The highest BCUT2D eigenvalue weighted by atomic mass is 14.2. The highest BCUT2D eigenvalue weighted by molar-refractivity contribution is 5.48. The Morgan fingerprint density at radius 2 is 0.917 bits per heavy atom. The molecule has 0 heteroatoms. The van der Waals surface area contributed by atoms with E-state index in [0.717, 1.165) is 12.8 Å². The van der Waals surface area contributed by atoms with Crippen LogP contribution in [0.15, 0.2) is 60.7 Å². The van der Waals surface area contributed by atoms with Gasteiger partial charge in [0.2, 0.25) is 0 Å². The zero-order valence-electron chi connectivity index (χ0n) is 14.0. The summed E-state index contributed by atoms with van der Waals surface area (Å²) in [6.45, 7) is 0. The lowest BCUT2D eigenvalue weighted by Crippen LogP contribution is -2.13. The third-order valence-corrected chi connectivity index (χ3v) is 5.91. The van der Waals surface area contributed by atoms with E-state index in [1.807, 2.05) is 0 Å². The van der Waals surface area contributed by atoms with E-state index in [9.17, 15) is 0 Å². The first kappa shape index (κ1) is 14.0. The zero-order chi connectivity index (χ0) is 15.9. The van der Waals surface area contributed by atoms with Gasteiger partial charge in [-0.05, 0) is 83.0 Å². The molecule has 0 saturated carbocycles. The molecule has 0 heterocycles. The van der Waals surface area contributed by atoms with Crippen LogP contribution in [0.3, 0.4) is 0 Å². The second kappa shape index (κ2) is 5.63. The highest BCUT2D eigenvalue weighted by Gasteiger charge is 2.19. The minimum atomic E-state index is 1.08. The summed E-state index contributed by atoms with van der Waals surface area (Å²) in [6, 6.07) is 22.7. The molecular formula is C24H22. The van der Waals surface area contributed by atoms with E-state index in [-0.39, 0.29) is 0 Å². The van der Waals surface area contributed by atoms with Gasteiger partial charge < -0.3 is 0 Å². The van der Waals surface area contributed by atoms with Crippen LogP contribution < -0.4 is 0 Å². The molecule has 0 spiro atoms. The van der Waals surface area contributed by atoms with Crippen LogP contribution in [0.5, 0.6) is 0 Å². The lowest BCUT2D eigenvalue weighted by Gasteiger charge is -2.24. The minimum Gasteiger partial charge on any atom is -0.0620 e. The van der Waals surface area contributed by atoms with E-state index in [2.05, 4.69) is 60.7 Å². The maximum absolute atomic E-state index is 2.32. The summed E-state index contributed by atoms with van der Waals surface area (Å²) >= 11 is 0. The fourth-order valence-corrected chi connectivity index (χ4v) is 4.30. The molecule has 0 saturated heterocycles. The van der Waals surface area contributed by atoms with Gasteiger partial charge in [-0.15, -0.1) is 0 Å². The van der Waals surface area contributed by atoms with Crippen molar-refractivity contribution in [2.24, 2.45) is 0 Å². The molecule has 0 unspecified atom stereocenters. The molecule has 0 radical (unpaired) electrons. The first-order valence-electron chi connectivity index (χ1n) is 9.14. The van der Waals surface area contributed by atoms with Crippen molar-refractivity contribution < 1.29 is 0 Å². The quantitative estimate of drug-likeness (QED) is 0.631. The molecule has 3 aromatic rings. The average molecular weight is 310 g/mol. The van der Waals surface area contributed by atoms with Crippen LogP contribution in [0, 0.1) is 0 Å². The standard InChI is InChI=1S/C24H22/c1-2-6-20(16-22-10-4-8-18-12-14-24(18)22)19(5-1)15-21-9-3-7-17-11-13-23(17)21/h1-10H,11-16H2. The van der Waals surface area contributed by atoms with Crippen molar-refractivity contribution >= 4 is 0 Å². The van der Waals surface area contributed by atoms with E-state index >= 15 is 0 Å². The fourth-order valence-electron chi connectivity index (χ4n) is 4.30. The molecule has 0 aliphatic heterocycles. The third-order valence-electron chi connectivity index (χ3n) is 5.91. The van der Waals surface area contributed by atoms with Gasteiger partial charge in [0.05, 0.1) is 0 Å². The predicted octanol–water partition coefficient (Wildman–Crippen LogP) is 5.07. The van der Waals surface area contributed by atoms with Crippen LogP contribution in [0.4, 0.5) is 0 Å². The molecule has 24 heavy (non-hydrogen) atoms. The first-order chi connectivity index (χ1) is 11.9. The Hall–Kier alpha value is -2.34. The van der Waals surface area contributed by atoms with Crippen LogP contribution in [-0.2, 0) is 38.5 Å². The van der Waals surface area contributed by atoms with Crippen molar-refractivity contribution in [3.63, 3.8) is 0 Å². The second-order valence-corrected chi connectivity index (χ2v) is 7.23. The molecule has 2 aliphatic rings. The number of fused-ring (bicyclic) bond motifs is 2. The molecule has 0 nitrogen and oxygen atoms in total. The molecular weight excluding hydrogens is 288 g/mol. The van der Waals surface area contributed by atoms with Gasteiger partial charge in [-0.25, -0.2) is 0 Å². The summed E-state index contributed by atoms with van der Waals surface area (Å²) < 4.78 is 0. The van der Waals surface area contributed by atoms with Gasteiger partial charge >= 0.3 is 0 Å². The molecule has 0 fully saturated rings. The van der Waals surface area contributed by atoms with Crippen LogP contribution >= 0.6 is 0 Å². The Balaban J connectivity index is 1.47. The minimum absolute atomic E-state index is 1.08. The van der Waals surface area contributed by atoms with E-state index < -0.39 is 0 Å². The van der Waals surface area contributed by atoms with Gasteiger partial charge in [0, 0.05) is 0 Å². The predicted molar refractivity (Wildman–Crippen MR) is 99.8 cm³/mol. The van der Waals surface area contributed by atoms with Crippen LogP contribution in [0.2, 0.25) is 0 Å². The lowest BCUT2D eigenvalue weighted by molar-refractivity contribution is 0.813. The average Bonchev–Trinajstić information content (AvgIpc) is 2.53. The maximum Gasteiger partial charge on any atom is -0.00201 e. The monoisotopic (exact) mass is 310 g/mol. The maximum atomic E-state index is 2.32. The summed E-state index contributed by atoms with van der Waals surface area (Å²) in [5, 5.41) is 0. The first-order valence-corrected chi connectivity index (χ1v) is 9.14. The van der Waals surface area contributed by atoms with Crippen LogP contribution in [-0.4, -0.2) is 0 Å². The number of aryl methyl sites for hydroxylation is 2. The van der Waals surface area contributed by atoms with Crippen LogP contribution in [0.1, 0.15) is 44.5 Å². The Morgan fingerprint density at radius 1 is 0.458 bits per heavy atom. The van der Waals surface area contributed by atoms with E-state index in [1.54, 1.807) is 22.3 Å². The van der Waals surface area contributed by atoms with Gasteiger partial charge in [-0.2, -0.15) is 0 Å². The van der Waals surface area contributed by atoms with E-state index in [1.165, 1.54) is 47.9 Å². The number of hydrogen-bond acceptors (Lipinski definition) is 0. The molecule has 0 amide bonds. The van der Waals surface area contributed by atoms with Gasteiger partial charge in [-0.1, -0.05) is 60.7 Å². The summed E-state index contributed by atoms with van der Waals surface area (Å²) in [5.74, 6) is 0. The van der Waals surface area contributed by atoms with Crippen molar-refractivity contribution in [2.45, 2.75) is 38.5 Å². The SMILES string of the molecule is c1ccc(Cc2cccc3c2CC3)c(Cc2cccc3c2CC3)c1. The Bertz CT molecular complexity index is 841.